The van der Waals surface area contributed by atoms with Gasteiger partial charge in [0.15, 0.2) is 0 Å². The molecule has 0 saturated carbocycles. The summed E-state index contributed by atoms with van der Waals surface area (Å²) in [5.41, 5.74) is 1.56. The molecular formula is C15H18Br2N2O5. The van der Waals surface area contributed by atoms with Crippen LogP contribution in [0.5, 0.6) is 0 Å². The summed E-state index contributed by atoms with van der Waals surface area (Å²) >= 11 is 6.50. The lowest BCUT2D eigenvalue weighted by molar-refractivity contribution is -0.171. The second-order valence-corrected chi connectivity index (χ2v) is 8.16. The molecule has 0 aliphatic carbocycles. The van der Waals surface area contributed by atoms with Crippen molar-refractivity contribution in [1.82, 2.24) is 0 Å². The van der Waals surface area contributed by atoms with E-state index in [2.05, 4.69) is 37.2 Å². The molecule has 9 heteroatoms. The number of hydrogen-bond donors (Lipinski definition) is 1. The summed E-state index contributed by atoms with van der Waals surface area (Å²) in [5, 5.41) is 3.55. The van der Waals surface area contributed by atoms with Gasteiger partial charge in [-0.3, -0.25) is 4.79 Å². The van der Waals surface area contributed by atoms with Crippen LogP contribution in [0.25, 0.3) is 0 Å². The van der Waals surface area contributed by atoms with Crippen molar-refractivity contribution >= 4 is 61.1 Å². The molecule has 1 N–H and O–H groups in total. The number of benzene rings is 1. The molecule has 24 heavy (non-hydrogen) atoms. The highest BCUT2D eigenvalue weighted by Crippen LogP contribution is 2.29. The molecule has 132 valence electrons. The van der Waals surface area contributed by atoms with E-state index in [-0.39, 0.29) is 16.1 Å². The van der Waals surface area contributed by atoms with Crippen LogP contribution in [0.4, 0.5) is 11.4 Å². The molecule has 1 rings (SSSR count). The summed E-state index contributed by atoms with van der Waals surface area (Å²) < 4.78 is -0.142. The first-order valence-corrected chi connectivity index (χ1v) is 8.94. The van der Waals surface area contributed by atoms with E-state index in [1.165, 1.54) is 13.8 Å². The third-order valence-electron chi connectivity index (χ3n) is 2.74. The van der Waals surface area contributed by atoms with Gasteiger partial charge in [-0.2, -0.15) is 0 Å². The number of carbonyl (C=O) groups excluding carboxylic acids is 3. The van der Waals surface area contributed by atoms with Crippen LogP contribution >= 0.6 is 31.9 Å². The summed E-state index contributed by atoms with van der Waals surface area (Å²) in [6.45, 7) is 4.26. The van der Waals surface area contributed by atoms with E-state index in [0.29, 0.717) is 23.4 Å². The van der Waals surface area contributed by atoms with Crippen molar-refractivity contribution in [2.45, 2.75) is 37.3 Å². The molecule has 1 amide bonds. The van der Waals surface area contributed by atoms with Crippen molar-refractivity contribution in [3.8, 4) is 0 Å². The van der Waals surface area contributed by atoms with E-state index in [1.54, 1.807) is 18.2 Å². The largest absolute Gasteiger partial charge is 0.333 e. The molecule has 0 aliphatic rings. The van der Waals surface area contributed by atoms with Crippen LogP contribution in [-0.4, -0.2) is 21.6 Å². The molecule has 0 aromatic heterocycles. The SMILES string of the molecule is CCc1c(NC(=O)CC(Br)Br)cccc1N(OC(C)=O)OC(C)=O. The van der Waals surface area contributed by atoms with Crippen LogP contribution in [-0.2, 0) is 30.5 Å². The van der Waals surface area contributed by atoms with Gasteiger partial charge in [-0.05, 0) is 23.8 Å². The standard InChI is InChI=1S/C15H18Br2N2O5/c1-4-11-12(18-15(22)8-14(16)17)6-5-7-13(11)19(23-9(2)20)24-10(3)21/h5-7,14H,4,8H2,1-3H3,(H,18,22). The zero-order valence-corrected chi connectivity index (χ0v) is 16.6. The second-order valence-electron chi connectivity index (χ2n) is 4.72. The quantitative estimate of drug-likeness (QED) is 0.490. The molecule has 1 aromatic rings. The van der Waals surface area contributed by atoms with E-state index in [4.69, 9.17) is 9.68 Å². The molecule has 0 unspecified atom stereocenters. The zero-order chi connectivity index (χ0) is 18.3. The molecule has 0 heterocycles. The van der Waals surface area contributed by atoms with Gasteiger partial charge in [0.25, 0.3) is 0 Å². The smallest absolute Gasteiger partial charge is 0.326 e. The lowest BCUT2D eigenvalue weighted by Gasteiger charge is -2.23. The Balaban J connectivity index is 3.17. The van der Waals surface area contributed by atoms with Crippen molar-refractivity contribution in [3.05, 3.63) is 23.8 Å². The lowest BCUT2D eigenvalue weighted by Crippen LogP contribution is -2.29. The van der Waals surface area contributed by atoms with Gasteiger partial charge in [0, 0.05) is 31.5 Å². The number of alkyl halides is 2. The summed E-state index contributed by atoms with van der Waals surface area (Å²) in [6.07, 6.45) is 0.738. The van der Waals surface area contributed by atoms with Crippen molar-refractivity contribution in [2.24, 2.45) is 0 Å². The number of rotatable bonds is 7. The Bertz CT molecular complexity index is 606. The van der Waals surface area contributed by atoms with E-state index < -0.39 is 11.9 Å². The summed E-state index contributed by atoms with van der Waals surface area (Å²) in [4.78, 5) is 44.4. The summed E-state index contributed by atoms with van der Waals surface area (Å²) in [6, 6.07) is 5.00. The van der Waals surface area contributed by atoms with Crippen molar-refractivity contribution in [1.29, 1.82) is 0 Å². The molecule has 1 aromatic carbocycles. The van der Waals surface area contributed by atoms with Crippen LogP contribution in [0.1, 0.15) is 32.8 Å². The Morgan fingerprint density at radius 3 is 2.21 bits per heavy atom. The number of nitrogens with zero attached hydrogens (tertiary/aromatic N) is 1. The van der Waals surface area contributed by atoms with Gasteiger partial charge < -0.3 is 15.0 Å². The number of carbonyl (C=O) groups is 3. The Morgan fingerprint density at radius 1 is 1.17 bits per heavy atom. The molecular weight excluding hydrogens is 448 g/mol. The first-order valence-electron chi connectivity index (χ1n) is 7.11. The van der Waals surface area contributed by atoms with Crippen LogP contribution < -0.4 is 10.5 Å². The Hall–Kier alpha value is -1.61. The third kappa shape index (κ3) is 6.48. The summed E-state index contributed by atoms with van der Waals surface area (Å²) in [5.74, 6) is -1.49. The topological polar surface area (TPSA) is 84.9 Å². The maximum absolute atomic E-state index is 12.0. The summed E-state index contributed by atoms with van der Waals surface area (Å²) in [7, 11) is 0. The zero-order valence-electron chi connectivity index (χ0n) is 13.5. The van der Waals surface area contributed by atoms with Gasteiger partial charge in [0.2, 0.25) is 5.91 Å². The van der Waals surface area contributed by atoms with Crippen molar-refractivity contribution in [3.63, 3.8) is 0 Å². The maximum atomic E-state index is 12.0. The first-order chi connectivity index (χ1) is 11.2. The maximum Gasteiger partial charge on any atom is 0.333 e. The second kappa shape index (κ2) is 9.63. The minimum absolute atomic E-state index is 0.142. The van der Waals surface area contributed by atoms with Crippen molar-refractivity contribution < 1.29 is 24.1 Å². The number of anilines is 2. The van der Waals surface area contributed by atoms with Crippen molar-refractivity contribution in [2.75, 3.05) is 10.5 Å². The Labute approximate surface area is 156 Å². The average molecular weight is 466 g/mol. The molecule has 0 atom stereocenters. The number of halogens is 2. The molecule has 0 saturated heterocycles. The van der Waals surface area contributed by atoms with E-state index in [1.807, 2.05) is 6.92 Å². The number of hydrogen-bond acceptors (Lipinski definition) is 6. The average Bonchev–Trinajstić information content (AvgIpc) is 2.44. The first kappa shape index (κ1) is 20.4. The normalized spacial score (nSPS) is 10.2. The van der Waals surface area contributed by atoms with Gasteiger partial charge in [0.1, 0.15) is 5.69 Å². The highest BCUT2D eigenvalue weighted by atomic mass is 79.9. The predicted octanol–water partition coefficient (Wildman–Crippen LogP) is 3.46. The molecule has 0 bridgehead atoms. The van der Waals surface area contributed by atoms with Crippen LogP contribution in [0.3, 0.4) is 0 Å². The van der Waals surface area contributed by atoms with Gasteiger partial charge in [0.05, 0.1) is 3.74 Å². The van der Waals surface area contributed by atoms with Gasteiger partial charge in [-0.25, -0.2) is 9.59 Å². The van der Waals surface area contributed by atoms with Crippen LogP contribution in [0.2, 0.25) is 0 Å². The Kier molecular flexibility index (Phi) is 8.20. The molecule has 0 fully saturated rings. The fraction of sp³-hybridized carbons (Fsp3) is 0.400. The van der Waals surface area contributed by atoms with E-state index in [9.17, 15) is 14.4 Å². The third-order valence-corrected chi connectivity index (χ3v) is 3.39. The fourth-order valence-electron chi connectivity index (χ4n) is 1.93. The van der Waals surface area contributed by atoms with Crippen LogP contribution in [0.15, 0.2) is 18.2 Å². The highest BCUT2D eigenvalue weighted by molar-refractivity contribution is 9.24. The molecule has 7 nitrogen and oxygen atoms in total. The molecule has 0 aliphatic heterocycles. The fourth-order valence-corrected chi connectivity index (χ4v) is 2.51. The predicted molar refractivity (Wildman–Crippen MR) is 96.7 cm³/mol. The number of amides is 1. The molecule has 0 radical (unpaired) electrons. The van der Waals surface area contributed by atoms with E-state index in [0.717, 1.165) is 5.23 Å². The lowest BCUT2D eigenvalue weighted by atomic mass is 10.1. The minimum atomic E-state index is -0.644. The van der Waals surface area contributed by atoms with Gasteiger partial charge in [-0.15, -0.1) is 0 Å². The van der Waals surface area contributed by atoms with Gasteiger partial charge >= 0.3 is 11.9 Å². The highest BCUT2D eigenvalue weighted by Gasteiger charge is 2.20. The van der Waals surface area contributed by atoms with Crippen LogP contribution in [0, 0.1) is 0 Å². The van der Waals surface area contributed by atoms with Gasteiger partial charge in [-0.1, -0.05) is 44.8 Å². The molecule has 0 spiro atoms. The number of nitrogens with one attached hydrogen (secondary N) is 1. The minimum Gasteiger partial charge on any atom is -0.326 e. The monoisotopic (exact) mass is 464 g/mol. The Morgan fingerprint density at radius 2 is 1.75 bits per heavy atom. The van der Waals surface area contributed by atoms with E-state index >= 15 is 0 Å².